The van der Waals surface area contributed by atoms with Gasteiger partial charge in [-0.05, 0) is 22.8 Å². The Bertz CT molecular complexity index is 835. The van der Waals surface area contributed by atoms with E-state index in [1.165, 1.54) is 0 Å². The number of nitrogens with zero attached hydrogens (tertiary/aromatic N) is 1. The molecule has 2 aromatic rings. The Balaban J connectivity index is 1.94. The second-order valence-corrected chi connectivity index (χ2v) is 6.88. The van der Waals surface area contributed by atoms with E-state index in [0.29, 0.717) is 18.8 Å². The van der Waals surface area contributed by atoms with Gasteiger partial charge in [-0.3, -0.25) is 0 Å². The van der Waals surface area contributed by atoms with Gasteiger partial charge in [-0.15, -0.1) is 0 Å². The fraction of sp³-hybridized carbons (Fsp3) is 0.300. The summed E-state index contributed by atoms with van der Waals surface area (Å²) in [6.45, 7) is 4.39. The predicted octanol–water partition coefficient (Wildman–Crippen LogP) is 3.97. The molecule has 0 spiro atoms. The van der Waals surface area contributed by atoms with Gasteiger partial charge in [0, 0.05) is 11.0 Å². The van der Waals surface area contributed by atoms with Gasteiger partial charge in [0.15, 0.2) is 0 Å². The summed E-state index contributed by atoms with van der Waals surface area (Å²) in [6, 6.07) is 15.8. The fourth-order valence-electron chi connectivity index (χ4n) is 3.06. The molecule has 5 heteroatoms. The largest absolute Gasteiger partial charge is 0.492 e. The minimum absolute atomic E-state index is 0.359. The smallest absolute Gasteiger partial charge is 0.405 e. The molecule has 2 aromatic carbocycles. The van der Waals surface area contributed by atoms with E-state index in [1.54, 1.807) is 0 Å². The highest BCUT2D eigenvalue weighted by Gasteiger charge is 2.40. The highest BCUT2D eigenvalue weighted by molar-refractivity contribution is 5.68. The summed E-state index contributed by atoms with van der Waals surface area (Å²) in [6.07, 6.45) is -0.835. The van der Waals surface area contributed by atoms with Crippen LogP contribution in [-0.4, -0.2) is 12.7 Å². The van der Waals surface area contributed by atoms with Gasteiger partial charge in [0.05, 0.1) is 19.1 Å². The lowest BCUT2D eigenvalue weighted by molar-refractivity contribution is -0.0176. The highest BCUT2D eigenvalue weighted by Crippen LogP contribution is 2.46. The van der Waals surface area contributed by atoms with Crippen LogP contribution in [0, 0.1) is 16.7 Å². The molecule has 1 aliphatic heterocycles. The quantitative estimate of drug-likeness (QED) is 0.919. The number of carbonyl (C=O) groups excluding carboxylic acids is 1. The molecule has 1 aliphatic rings. The third-order valence-corrected chi connectivity index (χ3v) is 4.41. The third kappa shape index (κ3) is 3.43. The fourth-order valence-corrected chi connectivity index (χ4v) is 3.06. The van der Waals surface area contributed by atoms with E-state index in [4.69, 9.17) is 20.5 Å². The van der Waals surface area contributed by atoms with E-state index in [9.17, 15) is 4.79 Å². The third-order valence-electron chi connectivity index (χ3n) is 4.41. The summed E-state index contributed by atoms with van der Waals surface area (Å²) >= 11 is 0. The molecule has 5 nitrogen and oxygen atoms in total. The lowest BCUT2D eigenvalue weighted by Crippen LogP contribution is -2.37. The van der Waals surface area contributed by atoms with Crippen LogP contribution in [-0.2, 0) is 11.2 Å². The molecule has 1 unspecified atom stereocenters. The SMILES string of the molecule is CC1(C)COc2cc(-c3ccc(CC#N)cc3)ccc2C1OC(N)=O. The van der Waals surface area contributed by atoms with Crippen LogP contribution in [0.3, 0.4) is 0 Å². The molecule has 0 bridgehead atoms. The van der Waals surface area contributed by atoms with Crippen molar-refractivity contribution in [1.29, 1.82) is 5.26 Å². The average molecular weight is 336 g/mol. The molecule has 25 heavy (non-hydrogen) atoms. The molecule has 0 saturated carbocycles. The maximum atomic E-state index is 11.3. The van der Waals surface area contributed by atoms with Crippen molar-refractivity contribution in [2.45, 2.75) is 26.4 Å². The minimum atomic E-state index is -0.789. The number of nitrogens with two attached hydrogens (primary N) is 1. The van der Waals surface area contributed by atoms with Crippen LogP contribution in [0.5, 0.6) is 5.75 Å². The second-order valence-electron chi connectivity index (χ2n) is 6.88. The van der Waals surface area contributed by atoms with Crippen LogP contribution < -0.4 is 10.5 Å². The van der Waals surface area contributed by atoms with Gasteiger partial charge in [-0.25, -0.2) is 4.79 Å². The van der Waals surface area contributed by atoms with Gasteiger partial charge in [-0.2, -0.15) is 5.26 Å². The van der Waals surface area contributed by atoms with Gasteiger partial charge in [0.2, 0.25) is 0 Å². The molecular weight excluding hydrogens is 316 g/mol. The lowest BCUT2D eigenvalue weighted by Gasteiger charge is -2.38. The summed E-state index contributed by atoms with van der Waals surface area (Å²) in [5.74, 6) is 0.698. The molecule has 1 amide bonds. The molecular formula is C20H20N2O3. The summed E-state index contributed by atoms with van der Waals surface area (Å²) < 4.78 is 11.2. The van der Waals surface area contributed by atoms with Crippen molar-refractivity contribution < 1.29 is 14.3 Å². The van der Waals surface area contributed by atoms with E-state index in [-0.39, 0.29) is 5.41 Å². The maximum absolute atomic E-state index is 11.3. The Hall–Kier alpha value is -3.00. The van der Waals surface area contributed by atoms with Crippen molar-refractivity contribution in [2.24, 2.45) is 11.1 Å². The number of fused-ring (bicyclic) bond motifs is 1. The van der Waals surface area contributed by atoms with Crippen LogP contribution in [0.4, 0.5) is 4.79 Å². The van der Waals surface area contributed by atoms with Crippen molar-refractivity contribution in [2.75, 3.05) is 6.61 Å². The number of hydrogen-bond donors (Lipinski definition) is 1. The van der Waals surface area contributed by atoms with Gasteiger partial charge in [-0.1, -0.05) is 50.2 Å². The molecule has 1 heterocycles. The molecule has 0 aromatic heterocycles. The number of nitriles is 1. The van der Waals surface area contributed by atoms with Gasteiger partial charge in [0.1, 0.15) is 11.9 Å². The Kier molecular flexibility index (Phi) is 4.37. The first kappa shape index (κ1) is 16.8. The van der Waals surface area contributed by atoms with Crippen molar-refractivity contribution in [3.8, 4) is 22.9 Å². The zero-order valence-electron chi connectivity index (χ0n) is 14.3. The van der Waals surface area contributed by atoms with E-state index in [0.717, 1.165) is 22.3 Å². The number of amides is 1. The normalized spacial score (nSPS) is 17.7. The number of hydrogen-bond acceptors (Lipinski definition) is 4. The van der Waals surface area contributed by atoms with Crippen molar-refractivity contribution in [3.63, 3.8) is 0 Å². The molecule has 0 fully saturated rings. The summed E-state index contributed by atoms with van der Waals surface area (Å²) in [7, 11) is 0. The first-order valence-corrected chi connectivity index (χ1v) is 8.10. The van der Waals surface area contributed by atoms with Crippen LogP contribution in [0.1, 0.15) is 31.1 Å². The number of benzene rings is 2. The standard InChI is InChI=1S/C20H20N2O3/c1-20(2)12-24-17-11-15(7-8-16(17)18(20)25-19(22)23)14-5-3-13(4-6-14)9-10-21/h3-8,11,18H,9,12H2,1-2H3,(H2,22,23). The van der Waals surface area contributed by atoms with Crippen LogP contribution >= 0.6 is 0 Å². The van der Waals surface area contributed by atoms with Crippen molar-refractivity contribution >= 4 is 6.09 Å². The topological polar surface area (TPSA) is 85.3 Å². The summed E-state index contributed by atoms with van der Waals surface area (Å²) in [4.78, 5) is 11.3. The van der Waals surface area contributed by atoms with E-state index in [2.05, 4.69) is 6.07 Å². The van der Waals surface area contributed by atoms with E-state index in [1.807, 2.05) is 56.3 Å². The summed E-state index contributed by atoms with van der Waals surface area (Å²) in [5.41, 5.74) is 8.71. The number of carbonyl (C=O) groups is 1. The number of ether oxygens (including phenoxy) is 2. The number of primary amides is 1. The van der Waals surface area contributed by atoms with E-state index >= 15 is 0 Å². The zero-order valence-corrected chi connectivity index (χ0v) is 14.3. The second kappa shape index (κ2) is 6.48. The zero-order chi connectivity index (χ0) is 18.0. The Morgan fingerprint density at radius 2 is 1.96 bits per heavy atom. The van der Waals surface area contributed by atoms with Crippen LogP contribution in [0.2, 0.25) is 0 Å². The molecule has 1 atom stereocenters. The molecule has 0 saturated heterocycles. The van der Waals surface area contributed by atoms with Crippen LogP contribution in [0.15, 0.2) is 42.5 Å². The average Bonchev–Trinajstić information content (AvgIpc) is 2.58. The number of rotatable bonds is 3. The van der Waals surface area contributed by atoms with Gasteiger partial charge < -0.3 is 15.2 Å². The first-order valence-electron chi connectivity index (χ1n) is 8.10. The van der Waals surface area contributed by atoms with Gasteiger partial charge in [0.25, 0.3) is 0 Å². The molecule has 3 rings (SSSR count). The molecule has 0 radical (unpaired) electrons. The van der Waals surface area contributed by atoms with Crippen molar-refractivity contribution in [1.82, 2.24) is 0 Å². The maximum Gasteiger partial charge on any atom is 0.405 e. The minimum Gasteiger partial charge on any atom is -0.492 e. The Morgan fingerprint density at radius 3 is 2.60 bits per heavy atom. The van der Waals surface area contributed by atoms with E-state index < -0.39 is 12.2 Å². The van der Waals surface area contributed by atoms with Crippen molar-refractivity contribution in [3.05, 3.63) is 53.6 Å². The lowest BCUT2D eigenvalue weighted by atomic mass is 9.80. The Labute approximate surface area is 147 Å². The molecule has 2 N–H and O–H groups in total. The predicted molar refractivity (Wildman–Crippen MR) is 93.9 cm³/mol. The first-order chi connectivity index (χ1) is 11.9. The molecule has 128 valence electrons. The highest BCUT2D eigenvalue weighted by atomic mass is 16.6. The molecule has 0 aliphatic carbocycles. The van der Waals surface area contributed by atoms with Gasteiger partial charge >= 0.3 is 6.09 Å². The van der Waals surface area contributed by atoms with Crippen LogP contribution in [0.25, 0.3) is 11.1 Å². The monoisotopic (exact) mass is 336 g/mol. The Morgan fingerprint density at radius 1 is 1.28 bits per heavy atom. The summed E-state index contributed by atoms with van der Waals surface area (Å²) in [5, 5.41) is 8.76.